The van der Waals surface area contributed by atoms with Crippen LogP contribution in [0.3, 0.4) is 0 Å². The van der Waals surface area contributed by atoms with Crippen LogP contribution in [0.15, 0.2) is 18.2 Å². The summed E-state index contributed by atoms with van der Waals surface area (Å²) in [4.78, 5) is 2.35. The fraction of sp³-hybridized carbons (Fsp3) is 0.625. The van der Waals surface area contributed by atoms with Gasteiger partial charge in [0.2, 0.25) is 0 Å². The van der Waals surface area contributed by atoms with Crippen LogP contribution in [0, 0.1) is 5.82 Å². The molecule has 2 aliphatic heterocycles. The van der Waals surface area contributed by atoms with Crippen molar-refractivity contribution >= 4 is 0 Å². The van der Waals surface area contributed by atoms with E-state index in [-0.39, 0.29) is 17.6 Å². The lowest BCUT2D eigenvalue weighted by molar-refractivity contribution is -0.0480. The minimum atomic E-state index is -0.683. The number of likely N-dealkylation sites (tertiary alicyclic amines) is 1. The molecule has 0 aromatic heterocycles. The van der Waals surface area contributed by atoms with E-state index in [4.69, 9.17) is 4.74 Å². The lowest BCUT2D eigenvalue weighted by Crippen LogP contribution is -2.55. The molecule has 0 spiro atoms. The van der Waals surface area contributed by atoms with Crippen LogP contribution >= 0.6 is 0 Å². The molecule has 1 aromatic rings. The number of nitrogens with zero attached hydrogens (tertiary/aromatic N) is 1. The SMILES string of the molecule is CC1CCCC(C)N1C1COc2c(F)cccc2C1O. The summed E-state index contributed by atoms with van der Waals surface area (Å²) in [5.41, 5.74) is 0.575. The average molecular weight is 279 g/mol. The number of hydrogen-bond donors (Lipinski definition) is 1. The Labute approximate surface area is 119 Å². The number of para-hydroxylation sites is 1. The second kappa shape index (κ2) is 5.34. The summed E-state index contributed by atoms with van der Waals surface area (Å²) >= 11 is 0. The number of rotatable bonds is 1. The molecule has 4 atom stereocenters. The first-order valence-corrected chi connectivity index (χ1v) is 7.46. The van der Waals surface area contributed by atoms with E-state index in [0.717, 1.165) is 12.8 Å². The van der Waals surface area contributed by atoms with Crippen LogP contribution in [0.2, 0.25) is 0 Å². The molecule has 1 saturated heterocycles. The van der Waals surface area contributed by atoms with Crippen LogP contribution < -0.4 is 4.74 Å². The van der Waals surface area contributed by atoms with Gasteiger partial charge in [-0.05, 0) is 32.8 Å². The van der Waals surface area contributed by atoms with Crippen molar-refractivity contribution in [1.29, 1.82) is 0 Å². The first-order chi connectivity index (χ1) is 9.59. The Balaban J connectivity index is 1.90. The summed E-state index contributed by atoms with van der Waals surface area (Å²) in [5.74, 6) is -0.173. The zero-order valence-electron chi connectivity index (χ0n) is 12.1. The topological polar surface area (TPSA) is 32.7 Å². The molecule has 4 unspecified atom stereocenters. The molecule has 1 N–H and O–H groups in total. The number of ether oxygens (including phenoxy) is 1. The van der Waals surface area contributed by atoms with Crippen molar-refractivity contribution in [2.45, 2.75) is 57.3 Å². The first-order valence-electron chi connectivity index (χ1n) is 7.46. The van der Waals surface area contributed by atoms with Gasteiger partial charge in [0, 0.05) is 17.6 Å². The number of hydrogen-bond acceptors (Lipinski definition) is 3. The van der Waals surface area contributed by atoms with Crippen molar-refractivity contribution in [3.8, 4) is 5.75 Å². The normalized spacial score (nSPS) is 34.4. The number of benzene rings is 1. The minimum absolute atomic E-state index is 0.0883. The molecule has 2 aliphatic rings. The van der Waals surface area contributed by atoms with Crippen LogP contribution in [0.25, 0.3) is 0 Å². The van der Waals surface area contributed by atoms with Gasteiger partial charge in [-0.2, -0.15) is 0 Å². The van der Waals surface area contributed by atoms with Gasteiger partial charge in [0.05, 0.1) is 6.04 Å². The van der Waals surface area contributed by atoms with Crippen molar-refractivity contribution < 1.29 is 14.2 Å². The maximum Gasteiger partial charge on any atom is 0.165 e. The molecule has 1 fully saturated rings. The number of aliphatic hydroxyl groups excluding tert-OH is 1. The monoisotopic (exact) mass is 279 g/mol. The molecule has 0 amide bonds. The van der Waals surface area contributed by atoms with Crippen LogP contribution in [0.4, 0.5) is 4.39 Å². The molecule has 2 heterocycles. The predicted octanol–water partition coefficient (Wildman–Crippen LogP) is 2.88. The zero-order chi connectivity index (χ0) is 14.3. The third kappa shape index (κ3) is 2.21. The molecule has 3 rings (SSSR count). The summed E-state index contributed by atoms with van der Waals surface area (Å²) in [6.45, 7) is 4.75. The van der Waals surface area contributed by atoms with Gasteiger partial charge in [-0.3, -0.25) is 4.90 Å². The minimum Gasteiger partial charge on any atom is -0.488 e. The highest BCUT2D eigenvalue weighted by Gasteiger charge is 2.39. The van der Waals surface area contributed by atoms with E-state index >= 15 is 0 Å². The van der Waals surface area contributed by atoms with Crippen molar-refractivity contribution in [3.05, 3.63) is 29.6 Å². The first kappa shape index (κ1) is 13.8. The summed E-state index contributed by atoms with van der Waals surface area (Å²) < 4.78 is 19.3. The third-order valence-corrected chi connectivity index (χ3v) is 4.72. The zero-order valence-corrected chi connectivity index (χ0v) is 12.1. The van der Waals surface area contributed by atoms with Crippen LogP contribution in [-0.2, 0) is 0 Å². The van der Waals surface area contributed by atoms with Crippen LogP contribution in [0.1, 0.15) is 44.8 Å². The lowest BCUT2D eigenvalue weighted by Gasteiger charge is -2.47. The lowest BCUT2D eigenvalue weighted by atomic mass is 9.90. The Bertz CT molecular complexity index is 483. The van der Waals surface area contributed by atoms with E-state index in [1.165, 1.54) is 12.5 Å². The van der Waals surface area contributed by atoms with Gasteiger partial charge in [-0.15, -0.1) is 0 Å². The maximum absolute atomic E-state index is 13.7. The predicted molar refractivity (Wildman–Crippen MR) is 75.3 cm³/mol. The number of fused-ring (bicyclic) bond motifs is 1. The molecule has 20 heavy (non-hydrogen) atoms. The Morgan fingerprint density at radius 3 is 2.65 bits per heavy atom. The Morgan fingerprint density at radius 1 is 1.25 bits per heavy atom. The summed E-state index contributed by atoms with van der Waals surface area (Å²) in [7, 11) is 0. The van der Waals surface area contributed by atoms with E-state index in [9.17, 15) is 9.50 Å². The van der Waals surface area contributed by atoms with Crippen LogP contribution in [-0.4, -0.2) is 34.7 Å². The van der Waals surface area contributed by atoms with Gasteiger partial charge in [0.15, 0.2) is 11.6 Å². The van der Waals surface area contributed by atoms with Gasteiger partial charge in [-0.1, -0.05) is 18.6 Å². The number of aliphatic hydroxyl groups is 1. The quantitative estimate of drug-likeness (QED) is 0.858. The molecular weight excluding hydrogens is 257 g/mol. The van der Waals surface area contributed by atoms with Crippen molar-refractivity contribution in [2.75, 3.05) is 6.61 Å². The Kier molecular flexibility index (Phi) is 3.69. The standard InChI is InChI=1S/C16H22FNO2/c1-10-5-3-6-11(2)18(10)14-9-20-16-12(15(14)19)7-4-8-13(16)17/h4,7-8,10-11,14-15,19H,3,5-6,9H2,1-2H3. The molecule has 110 valence electrons. The average Bonchev–Trinajstić information content (AvgIpc) is 2.42. The largest absolute Gasteiger partial charge is 0.488 e. The highest BCUT2D eigenvalue weighted by atomic mass is 19.1. The van der Waals surface area contributed by atoms with E-state index < -0.39 is 6.10 Å². The molecule has 0 aliphatic carbocycles. The van der Waals surface area contributed by atoms with Gasteiger partial charge in [0.1, 0.15) is 12.7 Å². The second-order valence-electron chi connectivity index (χ2n) is 6.06. The van der Waals surface area contributed by atoms with E-state index in [2.05, 4.69) is 18.7 Å². The fourth-order valence-corrected chi connectivity index (χ4v) is 3.72. The Hall–Kier alpha value is -1.13. The highest BCUT2D eigenvalue weighted by molar-refractivity contribution is 5.39. The van der Waals surface area contributed by atoms with Crippen molar-refractivity contribution in [1.82, 2.24) is 4.90 Å². The summed E-state index contributed by atoms with van der Waals surface area (Å²) in [5, 5.41) is 10.6. The molecular formula is C16H22FNO2. The van der Waals surface area contributed by atoms with E-state index in [1.807, 2.05) is 0 Å². The van der Waals surface area contributed by atoms with E-state index in [0.29, 0.717) is 24.3 Å². The number of halogens is 1. The fourth-order valence-electron chi connectivity index (χ4n) is 3.72. The highest BCUT2D eigenvalue weighted by Crippen LogP contribution is 2.38. The summed E-state index contributed by atoms with van der Waals surface area (Å²) in [6.07, 6.45) is 2.83. The molecule has 0 bridgehead atoms. The maximum atomic E-state index is 13.7. The second-order valence-corrected chi connectivity index (χ2v) is 6.06. The van der Waals surface area contributed by atoms with Crippen molar-refractivity contribution in [2.24, 2.45) is 0 Å². The van der Waals surface area contributed by atoms with Crippen LogP contribution in [0.5, 0.6) is 5.75 Å². The molecule has 3 nitrogen and oxygen atoms in total. The molecule has 0 saturated carbocycles. The van der Waals surface area contributed by atoms with Gasteiger partial charge >= 0.3 is 0 Å². The molecule has 4 heteroatoms. The van der Waals surface area contributed by atoms with Crippen molar-refractivity contribution in [3.63, 3.8) is 0 Å². The third-order valence-electron chi connectivity index (χ3n) is 4.72. The van der Waals surface area contributed by atoms with Gasteiger partial charge < -0.3 is 9.84 Å². The number of piperidine rings is 1. The van der Waals surface area contributed by atoms with E-state index in [1.54, 1.807) is 12.1 Å². The summed E-state index contributed by atoms with van der Waals surface area (Å²) in [6, 6.07) is 5.53. The van der Waals surface area contributed by atoms with Gasteiger partial charge in [-0.25, -0.2) is 4.39 Å². The smallest absolute Gasteiger partial charge is 0.165 e. The Morgan fingerprint density at radius 2 is 1.95 bits per heavy atom. The molecule has 0 radical (unpaired) electrons. The van der Waals surface area contributed by atoms with Gasteiger partial charge in [0.25, 0.3) is 0 Å². The molecule has 1 aromatic carbocycles.